The van der Waals surface area contributed by atoms with Crippen molar-refractivity contribution in [1.29, 1.82) is 0 Å². The van der Waals surface area contributed by atoms with Crippen LogP contribution in [0.15, 0.2) is 28.7 Å². The van der Waals surface area contributed by atoms with Crippen LogP contribution in [0, 0.1) is 0 Å². The third-order valence-corrected chi connectivity index (χ3v) is 4.05. The minimum absolute atomic E-state index is 0.145. The Kier molecular flexibility index (Phi) is 9.98. The molecule has 21 heavy (non-hydrogen) atoms. The zero-order valence-corrected chi connectivity index (χ0v) is 15.3. The van der Waals surface area contributed by atoms with Crippen molar-refractivity contribution in [3.05, 3.63) is 34.3 Å². The van der Waals surface area contributed by atoms with Gasteiger partial charge in [0, 0.05) is 23.7 Å². The van der Waals surface area contributed by atoms with E-state index in [1.807, 2.05) is 0 Å². The molecule has 1 N–H and O–H groups in total. The molecule has 0 aliphatic rings. The molecule has 0 saturated carbocycles. The second-order valence-corrected chi connectivity index (χ2v) is 6.80. The summed E-state index contributed by atoms with van der Waals surface area (Å²) in [5.41, 5.74) is 1.25. The van der Waals surface area contributed by atoms with Crippen LogP contribution in [0.25, 0.3) is 0 Å². The normalized spacial score (nSPS) is 12.8. The molecule has 1 unspecified atom stereocenters. The average molecular weight is 356 g/mol. The molecule has 3 heteroatoms. The lowest BCUT2D eigenvalue weighted by molar-refractivity contribution is 0.0485. The van der Waals surface area contributed by atoms with E-state index in [1.54, 1.807) is 0 Å². The van der Waals surface area contributed by atoms with Gasteiger partial charge in [0.25, 0.3) is 0 Å². The molecular weight excluding hydrogens is 326 g/mol. The first-order valence-electron chi connectivity index (χ1n) is 8.24. The van der Waals surface area contributed by atoms with Crippen LogP contribution in [0.1, 0.15) is 64.5 Å². The minimum Gasteiger partial charge on any atom is -0.372 e. The summed E-state index contributed by atoms with van der Waals surface area (Å²) in [6.45, 7) is 8.31. The molecule has 0 amide bonds. The fourth-order valence-electron chi connectivity index (χ4n) is 2.22. The Bertz CT molecular complexity index is 364. The molecule has 0 aromatic heterocycles. The number of benzene rings is 1. The lowest BCUT2D eigenvalue weighted by atomic mass is 10.1. The summed E-state index contributed by atoms with van der Waals surface area (Å²) in [7, 11) is 0. The number of unbranched alkanes of at least 4 members (excludes halogenated alkanes) is 4. The van der Waals surface area contributed by atoms with E-state index in [-0.39, 0.29) is 6.10 Å². The zero-order valence-electron chi connectivity index (χ0n) is 13.7. The van der Waals surface area contributed by atoms with Crippen LogP contribution in [0.3, 0.4) is 0 Å². The maximum absolute atomic E-state index is 6.12. The topological polar surface area (TPSA) is 21.3 Å². The van der Waals surface area contributed by atoms with Crippen LogP contribution in [-0.4, -0.2) is 19.2 Å². The van der Waals surface area contributed by atoms with Gasteiger partial charge < -0.3 is 10.1 Å². The third kappa shape index (κ3) is 8.60. The summed E-state index contributed by atoms with van der Waals surface area (Å²) in [5.74, 6) is 0. The fourth-order valence-corrected chi connectivity index (χ4v) is 2.49. The van der Waals surface area contributed by atoms with Crippen molar-refractivity contribution in [2.75, 3.05) is 13.2 Å². The van der Waals surface area contributed by atoms with Crippen molar-refractivity contribution < 1.29 is 4.74 Å². The summed E-state index contributed by atoms with van der Waals surface area (Å²) in [4.78, 5) is 0. The number of hydrogen-bond acceptors (Lipinski definition) is 2. The van der Waals surface area contributed by atoms with Crippen molar-refractivity contribution in [2.24, 2.45) is 0 Å². The van der Waals surface area contributed by atoms with Gasteiger partial charge in [-0.05, 0) is 24.1 Å². The summed E-state index contributed by atoms with van der Waals surface area (Å²) < 4.78 is 7.23. The van der Waals surface area contributed by atoms with Gasteiger partial charge in [0.2, 0.25) is 0 Å². The minimum atomic E-state index is 0.145. The Balaban J connectivity index is 2.42. The second-order valence-electron chi connectivity index (χ2n) is 5.89. The van der Waals surface area contributed by atoms with Gasteiger partial charge in [-0.2, -0.15) is 0 Å². The van der Waals surface area contributed by atoms with E-state index in [1.165, 1.54) is 31.2 Å². The van der Waals surface area contributed by atoms with E-state index in [2.05, 4.69) is 66.3 Å². The van der Waals surface area contributed by atoms with Gasteiger partial charge in [0.1, 0.15) is 0 Å². The molecule has 1 atom stereocenters. The Morgan fingerprint density at radius 1 is 1.05 bits per heavy atom. The maximum Gasteiger partial charge on any atom is 0.0949 e. The summed E-state index contributed by atoms with van der Waals surface area (Å²) >= 11 is 3.49. The molecule has 0 aliphatic heterocycles. The van der Waals surface area contributed by atoms with Crippen molar-refractivity contribution in [3.63, 3.8) is 0 Å². The van der Waals surface area contributed by atoms with E-state index in [0.717, 1.165) is 24.0 Å². The van der Waals surface area contributed by atoms with Gasteiger partial charge in [-0.15, -0.1) is 0 Å². The van der Waals surface area contributed by atoms with Gasteiger partial charge in [0.15, 0.2) is 0 Å². The first-order valence-corrected chi connectivity index (χ1v) is 9.03. The van der Waals surface area contributed by atoms with Crippen molar-refractivity contribution >= 4 is 15.9 Å². The Labute approximate surface area is 138 Å². The monoisotopic (exact) mass is 355 g/mol. The average Bonchev–Trinajstić information content (AvgIpc) is 2.46. The molecule has 1 rings (SSSR count). The van der Waals surface area contributed by atoms with Gasteiger partial charge in [-0.3, -0.25) is 0 Å². The SMILES string of the molecule is CCCCCCCOC(CNC(C)C)c1ccc(Br)cc1. The first-order chi connectivity index (χ1) is 10.1. The van der Waals surface area contributed by atoms with E-state index in [9.17, 15) is 0 Å². The van der Waals surface area contributed by atoms with Crippen LogP contribution >= 0.6 is 15.9 Å². The predicted molar refractivity (Wildman–Crippen MR) is 94.7 cm³/mol. The fraction of sp³-hybridized carbons (Fsp3) is 0.667. The quantitative estimate of drug-likeness (QED) is 0.531. The molecule has 0 radical (unpaired) electrons. The Hall–Kier alpha value is -0.380. The molecule has 0 saturated heterocycles. The molecule has 2 nitrogen and oxygen atoms in total. The number of halogens is 1. The van der Waals surface area contributed by atoms with Gasteiger partial charge >= 0.3 is 0 Å². The summed E-state index contributed by atoms with van der Waals surface area (Å²) in [6, 6.07) is 8.95. The second kappa shape index (κ2) is 11.2. The predicted octanol–water partition coefficient (Wildman–Crippen LogP) is 5.48. The van der Waals surface area contributed by atoms with Crippen molar-refractivity contribution in [3.8, 4) is 0 Å². The molecular formula is C18H30BrNO. The van der Waals surface area contributed by atoms with E-state index < -0.39 is 0 Å². The highest BCUT2D eigenvalue weighted by atomic mass is 79.9. The smallest absolute Gasteiger partial charge is 0.0949 e. The van der Waals surface area contributed by atoms with Crippen LogP contribution in [0.5, 0.6) is 0 Å². The molecule has 0 bridgehead atoms. The molecule has 1 aromatic carbocycles. The van der Waals surface area contributed by atoms with Crippen LogP contribution < -0.4 is 5.32 Å². The van der Waals surface area contributed by atoms with Crippen molar-refractivity contribution in [2.45, 2.75) is 65.0 Å². The van der Waals surface area contributed by atoms with Crippen LogP contribution in [-0.2, 0) is 4.74 Å². The van der Waals surface area contributed by atoms with E-state index in [0.29, 0.717) is 6.04 Å². The molecule has 120 valence electrons. The van der Waals surface area contributed by atoms with Gasteiger partial charge in [0.05, 0.1) is 6.10 Å². The van der Waals surface area contributed by atoms with E-state index >= 15 is 0 Å². The molecule has 0 heterocycles. The largest absolute Gasteiger partial charge is 0.372 e. The first kappa shape index (κ1) is 18.7. The number of rotatable bonds is 11. The van der Waals surface area contributed by atoms with Crippen LogP contribution in [0.4, 0.5) is 0 Å². The zero-order chi connectivity index (χ0) is 15.5. The third-order valence-electron chi connectivity index (χ3n) is 3.52. The highest BCUT2D eigenvalue weighted by Crippen LogP contribution is 2.20. The van der Waals surface area contributed by atoms with Crippen molar-refractivity contribution in [1.82, 2.24) is 5.32 Å². The summed E-state index contributed by atoms with van der Waals surface area (Å²) in [6.07, 6.45) is 6.54. The number of nitrogens with one attached hydrogen (secondary N) is 1. The summed E-state index contributed by atoms with van der Waals surface area (Å²) in [5, 5.41) is 3.48. The van der Waals surface area contributed by atoms with Crippen LogP contribution in [0.2, 0.25) is 0 Å². The Morgan fingerprint density at radius 2 is 1.71 bits per heavy atom. The highest BCUT2D eigenvalue weighted by molar-refractivity contribution is 9.10. The highest BCUT2D eigenvalue weighted by Gasteiger charge is 2.12. The number of hydrogen-bond donors (Lipinski definition) is 1. The lowest BCUT2D eigenvalue weighted by Gasteiger charge is -2.20. The van der Waals surface area contributed by atoms with E-state index in [4.69, 9.17) is 4.74 Å². The lowest BCUT2D eigenvalue weighted by Crippen LogP contribution is -2.29. The molecule has 0 fully saturated rings. The Morgan fingerprint density at radius 3 is 2.33 bits per heavy atom. The molecule has 0 aliphatic carbocycles. The molecule has 0 spiro atoms. The maximum atomic E-state index is 6.12. The number of ether oxygens (including phenoxy) is 1. The van der Waals surface area contributed by atoms with Gasteiger partial charge in [-0.1, -0.05) is 74.5 Å². The standard InChI is InChI=1S/C18H30BrNO/c1-4-5-6-7-8-13-21-18(14-20-15(2)3)16-9-11-17(19)12-10-16/h9-12,15,18,20H,4-8,13-14H2,1-3H3. The van der Waals surface area contributed by atoms with Gasteiger partial charge in [-0.25, -0.2) is 0 Å². The molecule has 1 aromatic rings.